The van der Waals surface area contributed by atoms with Crippen LogP contribution in [-0.2, 0) is 0 Å². The molecule has 0 amide bonds. The first-order valence-electron chi connectivity index (χ1n) is 6.18. The number of hydrogen-bond acceptors (Lipinski definition) is 3. The zero-order chi connectivity index (χ0) is 13.9. The highest BCUT2D eigenvalue weighted by molar-refractivity contribution is 5.99. The van der Waals surface area contributed by atoms with E-state index in [0.29, 0.717) is 5.69 Å². The molecule has 0 saturated carbocycles. The molecule has 2 aromatic carbocycles. The lowest BCUT2D eigenvalue weighted by Crippen LogP contribution is -2.02. The first-order chi connectivity index (χ1) is 9.75. The number of carboxylic acid groups (broad SMARTS) is 1. The molecule has 4 heteroatoms. The van der Waals surface area contributed by atoms with E-state index in [-0.39, 0.29) is 5.56 Å². The summed E-state index contributed by atoms with van der Waals surface area (Å²) in [6.45, 7) is 0. The molecule has 3 rings (SSSR count). The van der Waals surface area contributed by atoms with E-state index in [1.54, 1.807) is 36.7 Å². The lowest BCUT2D eigenvalue weighted by atomic mass is 10.1. The number of aromatic nitrogens is 1. The minimum Gasteiger partial charge on any atom is -0.478 e. The van der Waals surface area contributed by atoms with E-state index >= 15 is 0 Å². The molecule has 1 aromatic heterocycles. The van der Waals surface area contributed by atoms with E-state index in [4.69, 9.17) is 0 Å². The second kappa shape index (κ2) is 5.01. The number of pyridine rings is 1. The number of nitrogens with zero attached hydrogens (tertiary/aromatic N) is 1. The van der Waals surface area contributed by atoms with Gasteiger partial charge in [0.05, 0.1) is 11.3 Å². The van der Waals surface area contributed by atoms with Crippen molar-refractivity contribution in [3.63, 3.8) is 0 Å². The largest absolute Gasteiger partial charge is 0.478 e. The predicted octanol–water partition coefficient (Wildman–Crippen LogP) is 3.68. The maximum atomic E-state index is 11.2. The van der Waals surface area contributed by atoms with Crippen molar-refractivity contribution < 1.29 is 9.90 Å². The van der Waals surface area contributed by atoms with E-state index < -0.39 is 5.97 Å². The molecule has 0 spiro atoms. The summed E-state index contributed by atoms with van der Waals surface area (Å²) in [4.78, 5) is 15.3. The summed E-state index contributed by atoms with van der Waals surface area (Å²) in [5, 5.41) is 14.4. The highest BCUT2D eigenvalue weighted by Crippen LogP contribution is 2.27. The number of rotatable bonds is 3. The SMILES string of the molecule is O=C(O)c1ccccc1Nc1cccc2ccncc12. The standard InChI is InChI=1S/C16H12N2O2/c19-16(20)12-5-1-2-6-14(12)18-15-7-3-4-11-8-9-17-10-13(11)15/h1-10,18H,(H,19,20). The third-order valence-corrected chi connectivity index (χ3v) is 3.11. The van der Waals surface area contributed by atoms with Gasteiger partial charge in [0.15, 0.2) is 0 Å². The molecule has 98 valence electrons. The molecule has 0 aliphatic carbocycles. The zero-order valence-electron chi connectivity index (χ0n) is 10.6. The molecule has 0 radical (unpaired) electrons. The molecule has 0 atom stereocenters. The van der Waals surface area contributed by atoms with Crippen LogP contribution in [0.3, 0.4) is 0 Å². The van der Waals surface area contributed by atoms with Gasteiger partial charge in [0.25, 0.3) is 0 Å². The molecular weight excluding hydrogens is 252 g/mol. The van der Waals surface area contributed by atoms with Crippen molar-refractivity contribution in [2.45, 2.75) is 0 Å². The van der Waals surface area contributed by atoms with Crippen molar-refractivity contribution in [2.24, 2.45) is 0 Å². The van der Waals surface area contributed by atoms with Crippen molar-refractivity contribution in [3.05, 3.63) is 66.5 Å². The number of carboxylic acids is 1. The Balaban J connectivity index is 2.08. The number of benzene rings is 2. The summed E-state index contributed by atoms with van der Waals surface area (Å²) in [5.74, 6) is -0.952. The van der Waals surface area contributed by atoms with Crippen LogP contribution in [0.25, 0.3) is 10.8 Å². The number of para-hydroxylation sites is 1. The lowest BCUT2D eigenvalue weighted by molar-refractivity contribution is 0.0698. The van der Waals surface area contributed by atoms with E-state index in [1.165, 1.54) is 0 Å². The van der Waals surface area contributed by atoms with Crippen molar-refractivity contribution in [2.75, 3.05) is 5.32 Å². The van der Waals surface area contributed by atoms with Crippen molar-refractivity contribution >= 4 is 28.1 Å². The highest BCUT2D eigenvalue weighted by atomic mass is 16.4. The Labute approximate surface area is 115 Å². The molecule has 4 nitrogen and oxygen atoms in total. The van der Waals surface area contributed by atoms with Crippen LogP contribution < -0.4 is 5.32 Å². The van der Waals surface area contributed by atoms with Gasteiger partial charge in [-0.3, -0.25) is 4.98 Å². The van der Waals surface area contributed by atoms with Gasteiger partial charge in [0.1, 0.15) is 0 Å². The minimum absolute atomic E-state index is 0.244. The maximum absolute atomic E-state index is 11.2. The lowest BCUT2D eigenvalue weighted by Gasteiger charge is -2.11. The Hall–Kier alpha value is -2.88. The van der Waals surface area contributed by atoms with E-state index in [9.17, 15) is 9.90 Å². The number of carbonyl (C=O) groups is 1. The van der Waals surface area contributed by atoms with Crippen LogP contribution in [0.1, 0.15) is 10.4 Å². The van der Waals surface area contributed by atoms with Gasteiger partial charge < -0.3 is 10.4 Å². The summed E-state index contributed by atoms with van der Waals surface area (Å²) >= 11 is 0. The van der Waals surface area contributed by atoms with E-state index in [0.717, 1.165) is 16.5 Å². The van der Waals surface area contributed by atoms with Gasteiger partial charge in [0.2, 0.25) is 0 Å². The molecule has 1 heterocycles. The van der Waals surface area contributed by atoms with Crippen LogP contribution in [0.5, 0.6) is 0 Å². The normalized spacial score (nSPS) is 10.4. The minimum atomic E-state index is -0.952. The Morgan fingerprint density at radius 1 is 1.00 bits per heavy atom. The van der Waals surface area contributed by atoms with Crippen LogP contribution >= 0.6 is 0 Å². The van der Waals surface area contributed by atoms with Gasteiger partial charge in [-0.25, -0.2) is 4.79 Å². The molecule has 0 aliphatic rings. The van der Waals surface area contributed by atoms with Gasteiger partial charge in [-0.1, -0.05) is 24.3 Å². The van der Waals surface area contributed by atoms with E-state index in [1.807, 2.05) is 24.3 Å². The van der Waals surface area contributed by atoms with Gasteiger partial charge in [0, 0.05) is 23.5 Å². The van der Waals surface area contributed by atoms with Crippen LogP contribution in [0.15, 0.2) is 60.9 Å². The number of hydrogen-bond donors (Lipinski definition) is 2. The summed E-state index contributed by atoms with van der Waals surface area (Å²) in [5.41, 5.74) is 1.65. The second-order valence-corrected chi connectivity index (χ2v) is 4.38. The molecule has 0 saturated heterocycles. The van der Waals surface area contributed by atoms with Gasteiger partial charge >= 0.3 is 5.97 Å². The Morgan fingerprint density at radius 3 is 2.65 bits per heavy atom. The fourth-order valence-electron chi connectivity index (χ4n) is 2.15. The summed E-state index contributed by atoms with van der Waals surface area (Å²) in [7, 11) is 0. The van der Waals surface area contributed by atoms with E-state index in [2.05, 4.69) is 10.3 Å². The Kier molecular flexibility index (Phi) is 3.05. The topological polar surface area (TPSA) is 62.2 Å². The summed E-state index contributed by atoms with van der Waals surface area (Å²) in [6.07, 6.45) is 3.50. The van der Waals surface area contributed by atoms with Gasteiger partial charge in [-0.05, 0) is 29.7 Å². The third kappa shape index (κ3) is 2.19. The van der Waals surface area contributed by atoms with Gasteiger partial charge in [-0.15, -0.1) is 0 Å². The summed E-state index contributed by atoms with van der Waals surface area (Å²) < 4.78 is 0. The van der Waals surface area contributed by atoms with Crippen molar-refractivity contribution in [1.29, 1.82) is 0 Å². The molecule has 0 bridgehead atoms. The van der Waals surface area contributed by atoms with Crippen LogP contribution in [0.2, 0.25) is 0 Å². The van der Waals surface area contributed by atoms with Crippen LogP contribution in [0, 0.1) is 0 Å². The average Bonchev–Trinajstić information content (AvgIpc) is 2.48. The fourth-order valence-corrected chi connectivity index (χ4v) is 2.15. The van der Waals surface area contributed by atoms with Crippen molar-refractivity contribution in [3.8, 4) is 0 Å². The number of fused-ring (bicyclic) bond motifs is 1. The fraction of sp³-hybridized carbons (Fsp3) is 0. The molecule has 2 N–H and O–H groups in total. The monoisotopic (exact) mass is 264 g/mol. The predicted molar refractivity (Wildman–Crippen MR) is 78.4 cm³/mol. The first-order valence-corrected chi connectivity index (χ1v) is 6.18. The highest BCUT2D eigenvalue weighted by Gasteiger charge is 2.10. The molecular formula is C16H12N2O2. The number of nitrogens with one attached hydrogen (secondary N) is 1. The van der Waals surface area contributed by atoms with Crippen molar-refractivity contribution in [1.82, 2.24) is 4.98 Å². The maximum Gasteiger partial charge on any atom is 0.337 e. The second-order valence-electron chi connectivity index (χ2n) is 4.38. The Morgan fingerprint density at radius 2 is 1.80 bits per heavy atom. The molecule has 3 aromatic rings. The first kappa shape index (κ1) is 12.2. The molecule has 0 unspecified atom stereocenters. The Bertz CT molecular complexity index is 779. The molecule has 20 heavy (non-hydrogen) atoms. The number of aromatic carboxylic acids is 1. The molecule has 0 aliphatic heterocycles. The van der Waals surface area contributed by atoms with Crippen LogP contribution in [-0.4, -0.2) is 16.1 Å². The van der Waals surface area contributed by atoms with Crippen LogP contribution in [0.4, 0.5) is 11.4 Å². The zero-order valence-corrected chi connectivity index (χ0v) is 10.6. The molecule has 0 fully saturated rings. The smallest absolute Gasteiger partial charge is 0.337 e. The summed E-state index contributed by atoms with van der Waals surface area (Å²) in [6, 6.07) is 14.6. The van der Waals surface area contributed by atoms with Gasteiger partial charge in [-0.2, -0.15) is 0 Å². The third-order valence-electron chi connectivity index (χ3n) is 3.11. The average molecular weight is 264 g/mol. The number of anilines is 2. The quantitative estimate of drug-likeness (QED) is 0.757.